The van der Waals surface area contributed by atoms with Gasteiger partial charge in [-0.2, -0.15) is 0 Å². The molecule has 19 heavy (non-hydrogen) atoms. The Balaban J connectivity index is 2.74. The van der Waals surface area contributed by atoms with E-state index in [-0.39, 0.29) is 0 Å². The van der Waals surface area contributed by atoms with Crippen molar-refractivity contribution in [2.24, 2.45) is 0 Å². The van der Waals surface area contributed by atoms with Crippen molar-refractivity contribution < 1.29 is 4.42 Å². The molecule has 0 unspecified atom stereocenters. The first-order valence-electron chi connectivity index (χ1n) is 8.28. The number of hydrogen-bond donors (Lipinski definition) is 0. The van der Waals surface area contributed by atoms with Crippen LogP contribution in [0.15, 0.2) is 22.8 Å². The van der Waals surface area contributed by atoms with E-state index >= 15 is 0 Å². The molecule has 0 N–H and O–H groups in total. The molecular formula is C17H32OSn. The molecule has 0 fully saturated rings. The quantitative estimate of drug-likeness (QED) is 0.509. The van der Waals surface area contributed by atoms with Gasteiger partial charge in [-0.05, 0) is 0 Å². The fraction of sp³-hybridized carbons (Fsp3) is 0.765. The molecular weight excluding hydrogens is 339 g/mol. The summed E-state index contributed by atoms with van der Waals surface area (Å²) in [6.07, 6.45) is 14.5. The molecule has 0 bridgehead atoms. The van der Waals surface area contributed by atoms with Crippen LogP contribution in [0.3, 0.4) is 0 Å². The van der Waals surface area contributed by atoms with E-state index in [9.17, 15) is 0 Å². The van der Waals surface area contributed by atoms with Crippen LogP contribution in [0.25, 0.3) is 0 Å². The first-order valence-corrected chi connectivity index (χ1v) is 12.3. The van der Waals surface area contributed by atoms with E-state index in [0.717, 1.165) is 0 Å². The molecule has 0 aliphatic carbocycles. The van der Waals surface area contributed by atoms with Crippen LogP contribution in [0.5, 0.6) is 0 Å². The normalized spacial score (nSPS) is 12.6. The third-order valence-electron chi connectivity index (χ3n) is 4.31. The van der Waals surface area contributed by atoms with Crippen molar-refractivity contribution in [2.75, 3.05) is 0 Å². The van der Waals surface area contributed by atoms with Gasteiger partial charge in [0.1, 0.15) is 0 Å². The van der Waals surface area contributed by atoms with Crippen LogP contribution in [0, 0.1) is 0 Å². The molecule has 0 aromatic carbocycles. The molecule has 0 spiro atoms. The van der Waals surface area contributed by atoms with Gasteiger partial charge in [0.15, 0.2) is 0 Å². The van der Waals surface area contributed by atoms with Gasteiger partial charge < -0.3 is 0 Å². The topological polar surface area (TPSA) is 13.1 Å². The van der Waals surface area contributed by atoms with Crippen molar-refractivity contribution in [3.63, 3.8) is 0 Å². The first-order chi connectivity index (χ1) is 9.26. The number of furan rings is 1. The summed E-state index contributed by atoms with van der Waals surface area (Å²) in [5, 5.41) is 0. The van der Waals surface area contributed by atoms with Crippen LogP contribution in [0.2, 0.25) is 3.43 Å². The Labute approximate surface area is 129 Å². The Hall–Kier alpha value is 0.0787. The molecule has 0 aliphatic rings. The van der Waals surface area contributed by atoms with Crippen LogP contribution >= 0.6 is 0 Å². The number of rotatable bonds is 11. The monoisotopic (exact) mass is 372 g/mol. The van der Waals surface area contributed by atoms with Crippen LogP contribution in [-0.2, 0) is 0 Å². The van der Waals surface area contributed by atoms with Crippen LogP contribution < -0.4 is 3.78 Å². The second-order valence-electron chi connectivity index (χ2n) is 6.07. The molecule has 1 aromatic rings. The van der Waals surface area contributed by atoms with Gasteiger partial charge >= 0.3 is 130 Å². The standard InChI is InChI=1S/C13H27.C4H3O.Sn.2H/c1-4-7-10-13(11-8-5-2)12-9-6-3;1-2-4-5-3-1;;;/h4-12H2,1-3H3;1-3H;;;. The maximum absolute atomic E-state index is 5.72. The minimum atomic E-state index is -1.02. The summed E-state index contributed by atoms with van der Waals surface area (Å²) < 4.78 is 7.81. The van der Waals surface area contributed by atoms with Crippen molar-refractivity contribution in [2.45, 2.75) is 82.0 Å². The summed E-state index contributed by atoms with van der Waals surface area (Å²) in [5.41, 5.74) is 0. The van der Waals surface area contributed by atoms with E-state index in [1.54, 1.807) is 0 Å². The molecule has 1 rings (SSSR count). The molecule has 0 amide bonds. The van der Waals surface area contributed by atoms with E-state index < -0.39 is 21.1 Å². The average Bonchev–Trinajstić information content (AvgIpc) is 2.93. The molecule has 110 valence electrons. The Morgan fingerprint density at radius 1 is 0.947 bits per heavy atom. The predicted molar refractivity (Wildman–Crippen MR) is 88.2 cm³/mol. The fourth-order valence-electron chi connectivity index (χ4n) is 3.08. The van der Waals surface area contributed by atoms with Crippen molar-refractivity contribution in [3.8, 4) is 0 Å². The van der Waals surface area contributed by atoms with E-state index in [4.69, 9.17) is 4.42 Å². The predicted octanol–water partition coefficient (Wildman–Crippen LogP) is 4.80. The van der Waals surface area contributed by atoms with Gasteiger partial charge in [-0.25, -0.2) is 0 Å². The molecule has 1 nitrogen and oxygen atoms in total. The van der Waals surface area contributed by atoms with Crippen molar-refractivity contribution >= 4 is 24.9 Å². The van der Waals surface area contributed by atoms with Crippen LogP contribution in [0.4, 0.5) is 0 Å². The summed E-state index contributed by atoms with van der Waals surface area (Å²) in [4.78, 5) is 0. The molecule has 0 atom stereocenters. The first kappa shape index (κ1) is 17.1. The molecule has 0 aliphatic heterocycles. The van der Waals surface area contributed by atoms with E-state index in [0.29, 0.717) is 3.43 Å². The SMILES string of the molecule is CCCC[C](CCCC)(CCCC)[SnH2][c]1ccco1. The Kier molecular flexibility index (Phi) is 8.93. The summed E-state index contributed by atoms with van der Waals surface area (Å²) >= 11 is -1.02. The molecule has 0 saturated carbocycles. The van der Waals surface area contributed by atoms with Crippen LogP contribution in [0.1, 0.15) is 78.6 Å². The van der Waals surface area contributed by atoms with Gasteiger partial charge in [-0.1, -0.05) is 0 Å². The van der Waals surface area contributed by atoms with Crippen molar-refractivity contribution in [1.29, 1.82) is 0 Å². The van der Waals surface area contributed by atoms with Crippen molar-refractivity contribution in [1.82, 2.24) is 0 Å². The third-order valence-corrected chi connectivity index (χ3v) is 11.6. The zero-order valence-corrected chi connectivity index (χ0v) is 17.2. The second kappa shape index (κ2) is 9.90. The summed E-state index contributed by atoms with van der Waals surface area (Å²) in [6.45, 7) is 6.98. The van der Waals surface area contributed by atoms with E-state index in [2.05, 4.69) is 32.9 Å². The van der Waals surface area contributed by atoms with E-state index in [1.165, 1.54) is 61.6 Å². The number of unbranched alkanes of at least 4 members (excludes halogenated alkanes) is 3. The molecule has 0 saturated heterocycles. The molecule has 1 heterocycles. The van der Waals surface area contributed by atoms with Gasteiger partial charge in [0.05, 0.1) is 0 Å². The Morgan fingerprint density at radius 2 is 1.47 bits per heavy atom. The van der Waals surface area contributed by atoms with Gasteiger partial charge in [-0.15, -0.1) is 0 Å². The molecule has 2 heteroatoms. The maximum atomic E-state index is 5.72. The van der Waals surface area contributed by atoms with Gasteiger partial charge in [0, 0.05) is 0 Å². The zero-order valence-electron chi connectivity index (χ0n) is 13.2. The van der Waals surface area contributed by atoms with Gasteiger partial charge in [0.2, 0.25) is 0 Å². The number of hydrogen-bond acceptors (Lipinski definition) is 1. The summed E-state index contributed by atoms with van der Waals surface area (Å²) in [6, 6.07) is 4.32. The van der Waals surface area contributed by atoms with Gasteiger partial charge in [-0.3, -0.25) is 0 Å². The summed E-state index contributed by atoms with van der Waals surface area (Å²) in [7, 11) is 0. The molecule has 0 radical (unpaired) electrons. The van der Waals surface area contributed by atoms with Crippen LogP contribution in [-0.4, -0.2) is 21.1 Å². The van der Waals surface area contributed by atoms with Crippen molar-refractivity contribution in [3.05, 3.63) is 18.4 Å². The Morgan fingerprint density at radius 3 is 1.84 bits per heavy atom. The van der Waals surface area contributed by atoms with E-state index in [1.807, 2.05) is 6.26 Å². The van der Waals surface area contributed by atoms with Gasteiger partial charge in [0.25, 0.3) is 0 Å². The average molecular weight is 371 g/mol. The third kappa shape index (κ3) is 6.37. The second-order valence-corrected chi connectivity index (χ2v) is 13.3. The minimum absolute atomic E-state index is 0.696. The zero-order chi connectivity index (χ0) is 14.0. The Bertz CT molecular complexity index is 283. The molecule has 1 aromatic heterocycles. The fourth-order valence-corrected chi connectivity index (χ4v) is 10.1. The summed E-state index contributed by atoms with van der Waals surface area (Å²) in [5.74, 6) is 0.